The number of ether oxygens (including phenoxy) is 5. The van der Waals surface area contributed by atoms with Crippen molar-refractivity contribution in [3.63, 3.8) is 0 Å². The van der Waals surface area contributed by atoms with Gasteiger partial charge >= 0.3 is 95.9 Å². The Balaban J connectivity index is 1.17. The van der Waals surface area contributed by atoms with E-state index in [4.69, 9.17) is 23.7 Å². The number of aromatic nitrogens is 5. The SMILES string of the molecule is C[I-]COCCOCCOCCOCCOc1cnc(-n2cnc(C)n2)c2[nH]cc(C(=O)C(=O)N3CCN(C(=O)c4ccccc4)CC3)c12. The second-order valence-electron chi connectivity index (χ2n) is 10.9. The fourth-order valence-corrected chi connectivity index (χ4v) is 5.90. The van der Waals surface area contributed by atoms with Crippen molar-refractivity contribution in [2.45, 2.75) is 6.92 Å². The van der Waals surface area contributed by atoms with Gasteiger partial charge in [0.05, 0.1) is 22.7 Å². The average Bonchev–Trinajstić information content (AvgIpc) is 3.78. The van der Waals surface area contributed by atoms with E-state index in [9.17, 15) is 14.4 Å². The maximum atomic E-state index is 13.7. The molecule has 4 heterocycles. The minimum Gasteiger partial charge on any atom is -0.489 e. The number of H-pyrrole nitrogens is 1. The van der Waals surface area contributed by atoms with Gasteiger partial charge in [-0.2, -0.15) is 5.10 Å². The summed E-state index contributed by atoms with van der Waals surface area (Å²) in [6, 6.07) is 8.99. The summed E-state index contributed by atoms with van der Waals surface area (Å²) in [6.07, 6.45) is 4.50. The van der Waals surface area contributed by atoms with E-state index >= 15 is 0 Å². The number of halogens is 1. The van der Waals surface area contributed by atoms with Crippen molar-refractivity contribution < 1.29 is 59.3 Å². The van der Waals surface area contributed by atoms with Gasteiger partial charge in [-0.3, -0.25) is 14.4 Å². The Hall–Kier alpha value is -3.97. The Morgan fingerprint density at radius 2 is 1.47 bits per heavy atom. The maximum absolute atomic E-state index is 13.7. The third-order valence-corrected chi connectivity index (χ3v) is 8.64. The monoisotopic (exact) mass is 790 g/mol. The first-order valence-electron chi connectivity index (χ1n) is 15.9. The number of hydrogen-bond donors (Lipinski definition) is 1. The molecule has 0 bridgehead atoms. The van der Waals surface area contributed by atoms with Crippen molar-refractivity contribution in [2.24, 2.45) is 0 Å². The zero-order chi connectivity index (χ0) is 34.4. The van der Waals surface area contributed by atoms with Crippen LogP contribution >= 0.6 is 0 Å². The predicted octanol–water partition coefficient (Wildman–Crippen LogP) is -1.26. The van der Waals surface area contributed by atoms with Crippen molar-refractivity contribution in [3.8, 4) is 11.6 Å². The number of aromatic amines is 1. The third-order valence-electron chi connectivity index (χ3n) is 7.58. The number of carbonyl (C=O) groups is 3. The average molecular weight is 791 g/mol. The molecular weight excluding hydrogens is 749 g/mol. The summed E-state index contributed by atoms with van der Waals surface area (Å²) in [5, 5.41) is 4.76. The number of fused-ring (bicyclic) bond motifs is 1. The summed E-state index contributed by atoms with van der Waals surface area (Å²) in [5.74, 6) is -0.203. The number of amides is 2. The number of nitrogens with one attached hydrogen (secondary N) is 1. The number of benzene rings is 1. The number of hydrogen-bond acceptors (Lipinski definition) is 11. The molecule has 3 aromatic heterocycles. The van der Waals surface area contributed by atoms with Gasteiger partial charge in [0.15, 0.2) is 5.82 Å². The second kappa shape index (κ2) is 18.7. The molecule has 0 radical (unpaired) electrons. The molecule has 1 N–H and O–H groups in total. The zero-order valence-corrected chi connectivity index (χ0v) is 29.8. The fraction of sp³-hybridized carbons (Fsp3) is 0.455. The molecule has 1 saturated heterocycles. The molecule has 1 aliphatic rings. The topological polar surface area (TPSA) is 163 Å². The number of carbonyl (C=O) groups excluding carboxylic acids is 3. The number of piperazine rings is 1. The smallest absolute Gasteiger partial charge is 0.489 e. The minimum absolute atomic E-state index is 0.105. The van der Waals surface area contributed by atoms with E-state index in [1.807, 2.05) is 18.2 Å². The van der Waals surface area contributed by atoms with Gasteiger partial charge in [0, 0.05) is 37.9 Å². The van der Waals surface area contributed by atoms with E-state index < -0.39 is 11.7 Å². The molecule has 1 aromatic carbocycles. The molecule has 0 aliphatic carbocycles. The fourth-order valence-electron chi connectivity index (χ4n) is 5.15. The normalized spacial score (nSPS) is 13.3. The molecule has 2 amide bonds. The van der Waals surface area contributed by atoms with Crippen LogP contribution in [0.4, 0.5) is 0 Å². The van der Waals surface area contributed by atoms with Gasteiger partial charge < -0.3 is 19.5 Å². The van der Waals surface area contributed by atoms with Crippen LogP contribution in [-0.2, 0) is 23.7 Å². The van der Waals surface area contributed by atoms with Gasteiger partial charge in [-0.05, 0) is 19.1 Å². The van der Waals surface area contributed by atoms with Crippen LogP contribution in [0, 0.1) is 6.92 Å². The molecule has 0 unspecified atom stereocenters. The van der Waals surface area contributed by atoms with Crippen LogP contribution in [-0.4, -0.2) is 141 Å². The van der Waals surface area contributed by atoms with E-state index in [1.54, 1.807) is 24.0 Å². The molecule has 0 saturated carbocycles. The first kappa shape index (κ1) is 36.3. The van der Waals surface area contributed by atoms with Gasteiger partial charge in [0.25, 0.3) is 17.6 Å². The van der Waals surface area contributed by atoms with Gasteiger partial charge in [-0.25, -0.2) is 14.6 Å². The first-order valence-corrected chi connectivity index (χ1v) is 19.6. The molecule has 4 aromatic rings. The number of nitrogens with zero attached hydrogens (tertiary/aromatic N) is 6. The summed E-state index contributed by atoms with van der Waals surface area (Å²) in [5.41, 5.74) is 1.20. The summed E-state index contributed by atoms with van der Waals surface area (Å²) < 4.78 is 30.4. The zero-order valence-electron chi connectivity index (χ0n) is 27.6. The van der Waals surface area contributed by atoms with Crippen molar-refractivity contribution in [3.05, 3.63) is 66.0 Å². The van der Waals surface area contributed by atoms with Crippen LogP contribution in [0.5, 0.6) is 5.75 Å². The molecule has 1 aliphatic heterocycles. The van der Waals surface area contributed by atoms with Crippen LogP contribution in [0.15, 0.2) is 49.1 Å². The van der Waals surface area contributed by atoms with Crippen molar-refractivity contribution in [1.82, 2.24) is 34.5 Å². The van der Waals surface area contributed by atoms with Gasteiger partial charge in [0.2, 0.25) is 0 Å². The molecule has 5 rings (SSSR count). The Labute approximate surface area is 294 Å². The standard InChI is InChI=1S/C33H41IN7O8/c1-24-37-23-41(38-24)31-29-28(27(21-36-31)49-19-18-47-15-14-45-12-13-46-16-17-48-22-34-2)26(20-35-29)30(42)33(44)40-10-8-39(9-11-40)32(43)25-6-4-3-5-7-25/h3-7,20-21,23,35H,8-19,22H2,1-2H3/q-1. The summed E-state index contributed by atoms with van der Waals surface area (Å²) in [4.78, 5) is 57.2. The summed E-state index contributed by atoms with van der Waals surface area (Å²) in [6.45, 7) is 6.21. The van der Waals surface area contributed by atoms with E-state index in [1.165, 1.54) is 28.3 Å². The third kappa shape index (κ3) is 9.81. The van der Waals surface area contributed by atoms with Crippen LogP contribution in [0.25, 0.3) is 16.7 Å². The molecule has 15 nitrogen and oxygen atoms in total. The van der Waals surface area contributed by atoms with Gasteiger partial charge in [-0.1, -0.05) is 18.2 Å². The number of ketones is 1. The number of aryl methyl sites for hydroxylation is 1. The number of Topliss-reactive ketones (excluding diaryl/α,β-unsaturated/α-hetero) is 1. The van der Waals surface area contributed by atoms with E-state index in [2.05, 4.69) is 25.0 Å². The molecule has 0 spiro atoms. The second-order valence-corrected chi connectivity index (χ2v) is 13.0. The van der Waals surface area contributed by atoms with Crippen LogP contribution in [0.1, 0.15) is 26.5 Å². The van der Waals surface area contributed by atoms with E-state index in [0.29, 0.717) is 86.6 Å². The van der Waals surface area contributed by atoms with Crippen LogP contribution < -0.4 is 25.9 Å². The van der Waals surface area contributed by atoms with Crippen molar-refractivity contribution in [2.75, 3.05) is 88.6 Å². The number of rotatable bonds is 19. The molecular formula is C33H41IN7O8-. The first-order chi connectivity index (χ1) is 24.0. The van der Waals surface area contributed by atoms with E-state index in [0.717, 1.165) is 4.61 Å². The molecule has 1 fully saturated rings. The summed E-state index contributed by atoms with van der Waals surface area (Å²) >= 11 is 0.147. The predicted molar refractivity (Wildman–Crippen MR) is 174 cm³/mol. The van der Waals surface area contributed by atoms with Gasteiger partial charge in [-0.15, -0.1) is 0 Å². The molecule has 49 heavy (non-hydrogen) atoms. The van der Waals surface area contributed by atoms with Crippen LogP contribution in [0.2, 0.25) is 0 Å². The number of alkyl halides is 2. The van der Waals surface area contributed by atoms with Crippen LogP contribution in [0.3, 0.4) is 0 Å². The number of pyridine rings is 1. The van der Waals surface area contributed by atoms with E-state index in [-0.39, 0.29) is 59.0 Å². The molecule has 16 heteroatoms. The quantitative estimate of drug-likeness (QED) is 0.0397. The Bertz CT molecular complexity index is 1670. The van der Waals surface area contributed by atoms with Gasteiger partial charge in [0.1, 0.15) is 24.5 Å². The minimum atomic E-state index is -0.696. The Morgan fingerprint density at radius 3 is 2.10 bits per heavy atom. The Kier molecular flexibility index (Phi) is 13.9. The van der Waals surface area contributed by atoms with Crippen molar-refractivity contribution in [1.29, 1.82) is 0 Å². The Morgan fingerprint density at radius 1 is 0.837 bits per heavy atom. The van der Waals surface area contributed by atoms with Crippen molar-refractivity contribution >= 4 is 28.5 Å². The summed E-state index contributed by atoms with van der Waals surface area (Å²) in [7, 11) is 0. The molecule has 264 valence electrons. The molecule has 0 atom stereocenters.